The molecule has 0 saturated heterocycles. The topological polar surface area (TPSA) is 57.5 Å². The second-order valence-electron chi connectivity index (χ2n) is 6.54. The SMILES string of the molecule is Cc1cc(C)c(CC(O)C2CCCCC2C(=O)O)c(C)c1. The number of carboxylic acids is 1. The molecule has 1 saturated carbocycles. The lowest BCUT2D eigenvalue weighted by molar-refractivity contribution is -0.147. The van der Waals surface area contributed by atoms with Gasteiger partial charge >= 0.3 is 5.97 Å². The molecule has 2 N–H and O–H groups in total. The van der Waals surface area contributed by atoms with Crippen molar-refractivity contribution < 1.29 is 15.0 Å². The molecule has 1 aliphatic carbocycles. The molecule has 0 aliphatic heterocycles. The van der Waals surface area contributed by atoms with E-state index in [1.807, 2.05) is 0 Å². The predicted molar refractivity (Wildman–Crippen MR) is 83.4 cm³/mol. The van der Waals surface area contributed by atoms with Gasteiger partial charge in [0.05, 0.1) is 12.0 Å². The highest BCUT2D eigenvalue weighted by Crippen LogP contribution is 2.34. The van der Waals surface area contributed by atoms with Crippen LogP contribution in [-0.2, 0) is 11.2 Å². The van der Waals surface area contributed by atoms with E-state index >= 15 is 0 Å². The van der Waals surface area contributed by atoms with E-state index in [9.17, 15) is 15.0 Å². The van der Waals surface area contributed by atoms with Crippen molar-refractivity contribution in [3.05, 3.63) is 34.4 Å². The first kappa shape index (κ1) is 16.0. The lowest BCUT2D eigenvalue weighted by Gasteiger charge is -2.32. The first-order valence-corrected chi connectivity index (χ1v) is 7.87. The molecule has 1 aromatic carbocycles. The van der Waals surface area contributed by atoms with E-state index in [1.54, 1.807) is 0 Å². The Morgan fingerprint density at radius 1 is 1.19 bits per heavy atom. The van der Waals surface area contributed by atoms with Crippen LogP contribution in [0.3, 0.4) is 0 Å². The van der Waals surface area contributed by atoms with Crippen molar-refractivity contribution in [2.45, 2.75) is 59.0 Å². The Balaban J connectivity index is 2.17. The lowest BCUT2D eigenvalue weighted by atomic mass is 9.74. The molecule has 2 rings (SSSR count). The molecule has 0 bridgehead atoms. The normalized spacial score (nSPS) is 23.8. The van der Waals surface area contributed by atoms with Crippen LogP contribution in [0.4, 0.5) is 0 Å². The summed E-state index contributed by atoms with van der Waals surface area (Å²) < 4.78 is 0. The van der Waals surface area contributed by atoms with E-state index in [4.69, 9.17) is 0 Å². The minimum Gasteiger partial charge on any atom is -0.481 e. The van der Waals surface area contributed by atoms with E-state index in [0.29, 0.717) is 12.8 Å². The molecule has 1 aromatic rings. The van der Waals surface area contributed by atoms with Crippen LogP contribution in [0.25, 0.3) is 0 Å². The van der Waals surface area contributed by atoms with Gasteiger partial charge in [-0.3, -0.25) is 4.79 Å². The van der Waals surface area contributed by atoms with E-state index < -0.39 is 12.1 Å². The van der Waals surface area contributed by atoms with Gasteiger partial charge in [-0.05, 0) is 62.6 Å². The molecule has 3 nitrogen and oxygen atoms in total. The van der Waals surface area contributed by atoms with Crippen molar-refractivity contribution in [3.8, 4) is 0 Å². The Labute approximate surface area is 127 Å². The summed E-state index contributed by atoms with van der Waals surface area (Å²) in [5.74, 6) is -1.26. The maximum Gasteiger partial charge on any atom is 0.306 e. The molecule has 1 aliphatic rings. The highest BCUT2D eigenvalue weighted by molar-refractivity contribution is 5.70. The smallest absolute Gasteiger partial charge is 0.306 e. The van der Waals surface area contributed by atoms with E-state index in [0.717, 1.165) is 19.3 Å². The van der Waals surface area contributed by atoms with Crippen molar-refractivity contribution in [3.63, 3.8) is 0 Å². The van der Waals surface area contributed by atoms with Crippen molar-refractivity contribution in [1.82, 2.24) is 0 Å². The summed E-state index contributed by atoms with van der Waals surface area (Å²) in [4.78, 5) is 11.4. The van der Waals surface area contributed by atoms with Crippen molar-refractivity contribution >= 4 is 5.97 Å². The summed E-state index contributed by atoms with van der Waals surface area (Å²) in [5, 5.41) is 20.0. The summed E-state index contributed by atoms with van der Waals surface area (Å²) >= 11 is 0. The molecule has 0 radical (unpaired) electrons. The Morgan fingerprint density at radius 3 is 2.33 bits per heavy atom. The van der Waals surface area contributed by atoms with Crippen LogP contribution in [0.1, 0.15) is 47.9 Å². The van der Waals surface area contributed by atoms with E-state index in [2.05, 4.69) is 32.9 Å². The maximum absolute atomic E-state index is 11.4. The summed E-state index contributed by atoms with van der Waals surface area (Å²) in [5.41, 5.74) is 4.77. The van der Waals surface area contributed by atoms with Crippen LogP contribution in [0.2, 0.25) is 0 Å². The van der Waals surface area contributed by atoms with Gasteiger partial charge < -0.3 is 10.2 Å². The monoisotopic (exact) mass is 290 g/mol. The molecule has 3 heteroatoms. The van der Waals surface area contributed by atoms with Gasteiger partial charge in [-0.2, -0.15) is 0 Å². The lowest BCUT2D eigenvalue weighted by Crippen LogP contribution is -2.36. The van der Waals surface area contributed by atoms with Gasteiger partial charge in [0, 0.05) is 0 Å². The summed E-state index contributed by atoms with van der Waals surface area (Å²) in [6.45, 7) is 6.21. The number of carbonyl (C=O) groups is 1. The van der Waals surface area contributed by atoms with Crippen LogP contribution in [0.5, 0.6) is 0 Å². The van der Waals surface area contributed by atoms with Gasteiger partial charge in [0.1, 0.15) is 0 Å². The molecule has 0 aromatic heterocycles. The minimum atomic E-state index is -0.754. The van der Waals surface area contributed by atoms with Crippen LogP contribution in [-0.4, -0.2) is 22.3 Å². The van der Waals surface area contributed by atoms with Crippen LogP contribution in [0.15, 0.2) is 12.1 Å². The van der Waals surface area contributed by atoms with E-state index in [1.165, 1.54) is 22.3 Å². The Hall–Kier alpha value is -1.35. The highest BCUT2D eigenvalue weighted by Gasteiger charge is 2.35. The van der Waals surface area contributed by atoms with Crippen LogP contribution in [0, 0.1) is 32.6 Å². The number of aliphatic hydroxyl groups excluding tert-OH is 1. The molecule has 0 heterocycles. The molecule has 0 spiro atoms. The zero-order chi connectivity index (χ0) is 15.6. The van der Waals surface area contributed by atoms with Crippen molar-refractivity contribution in [2.24, 2.45) is 11.8 Å². The molecular formula is C18H26O3. The molecular weight excluding hydrogens is 264 g/mol. The molecule has 3 unspecified atom stereocenters. The summed E-state index contributed by atoms with van der Waals surface area (Å²) in [7, 11) is 0. The standard InChI is InChI=1S/C18H26O3/c1-11-8-12(2)16(13(3)9-11)10-17(19)14-6-4-5-7-15(14)18(20)21/h8-9,14-15,17,19H,4-7,10H2,1-3H3,(H,20,21). The number of benzene rings is 1. The van der Waals surface area contributed by atoms with Crippen LogP contribution >= 0.6 is 0 Å². The van der Waals surface area contributed by atoms with Crippen molar-refractivity contribution in [1.29, 1.82) is 0 Å². The predicted octanol–water partition coefficient (Wildman–Crippen LogP) is 3.41. The highest BCUT2D eigenvalue weighted by atomic mass is 16.4. The third kappa shape index (κ3) is 3.65. The second kappa shape index (κ2) is 6.61. The van der Waals surface area contributed by atoms with Gasteiger partial charge in [0.2, 0.25) is 0 Å². The molecule has 3 atom stereocenters. The molecule has 0 amide bonds. The number of hydrogen-bond acceptors (Lipinski definition) is 2. The molecule has 1 fully saturated rings. The zero-order valence-corrected chi connectivity index (χ0v) is 13.2. The first-order chi connectivity index (χ1) is 9.90. The van der Waals surface area contributed by atoms with Gasteiger partial charge in [0.25, 0.3) is 0 Å². The zero-order valence-electron chi connectivity index (χ0n) is 13.2. The Bertz CT molecular complexity index is 498. The average Bonchev–Trinajstić information content (AvgIpc) is 2.42. The summed E-state index contributed by atoms with van der Waals surface area (Å²) in [6, 6.07) is 4.26. The van der Waals surface area contributed by atoms with Gasteiger partial charge in [-0.1, -0.05) is 30.5 Å². The first-order valence-electron chi connectivity index (χ1n) is 7.87. The number of hydrogen-bond donors (Lipinski definition) is 2. The number of carboxylic acid groups (broad SMARTS) is 1. The van der Waals surface area contributed by atoms with E-state index in [-0.39, 0.29) is 11.8 Å². The number of aryl methyl sites for hydroxylation is 3. The van der Waals surface area contributed by atoms with Gasteiger partial charge in [0.15, 0.2) is 0 Å². The quantitative estimate of drug-likeness (QED) is 0.893. The number of rotatable bonds is 4. The average molecular weight is 290 g/mol. The minimum absolute atomic E-state index is 0.114. The molecule has 21 heavy (non-hydrogen) atoms. The number of aliphatic hydroxyl groups is 1. The molecule has 116 valence electrons. The third-order valence-electron chi connectivity index (χ3n) is 4.88. The Kier molecular flexibility index (Phi) is 5.04. The third-order valence-corrected chi connectivity index (χ3v) is 4.88. The maximum atomic E-state index is 11.4. The van der Waals surface area contributed by atoms with Crippen molar-refractivity contribution in [2.75, 3.05) is 0 Å². The summed E-state index contributed by atoms with van der Waals surface area (Å²) in [6.07, 6.45) is 3.50. The number of aliphatic carboxylic acids is 1. The fraction of sp³-hybridized carbons (Fsp3) is 0.611. The fourth-order valence-electron chi connectivity index (χ4n) is 3.82. The van der Waals surface area contributed by atoms with Gasteiger partial charge in [-0.25, -0.2) is 0 Å². The Morgan fingerprint density at radius 2 is 1.76 bits per heavy atom. The second-order valence-corrected chi connectivity index (χ2v) is 6.54. The fourth-order valence-corrected chi connectivity index (χ4v) is 3.82. The van der Waals surface area contributed by atoms with Crippen LogP contribution < -0.4 is 0 Å². The largest absolute Gasteiger partial charge is 0.481 e. The van der Waals surface area contributed by atoms with Gasteiger partial charge in [-0.15, -0.1) is 0 Å².